The molecular formula is C12H11Br2N3O. The smallest absolute Gasteiger partial charge is 0.148 e. The molecule has 1 aliphatic heterocycles. The Morgan fingerprint density at radius 1 is 1.17 bits per heavy atom. The number of rotatable bonds is 1. The van der Waals surface area contributed by atoms with Crippen LogP contribution in [-0.4, -0.2) is 36.3 Å². The second-order valence-corrected chi connectivity index (χ2v) is 5.85. The standard InChI is InChI=1S/C12H11Br2N3O/c13-8-5-9(14)12-10(6-8)15-7-11(16-12)17-1-3-18-4-2-17/h5-7H,1-4H2. The predicted octanol–water partition coefficient (Wildman–Crippen LogP) is 2.99. The van der Waals surface area contributed by atoms with Gasteiger partial charge in [0, 0.05) is 22.0 Å². The maximum atomic E-state index is 5.34. The lowest BCUT2D eigenvalue weighted by molar-refractivity contribution is 0.122. The normalized spacial score (nSPS) is 16.2. The fourth-order valence-corrected chi connectivity index (χ4v) is 3.27. The zero-order valence-corrected chi connectivity index (χ0v) is 12.7. The highest BCUT2D eigenvalue weighted by Gasteiger charge is 2.14. The number of fused-ring (bicyclic) bond motifs is 1. The van der Waals surface area contributed by atoms with E-state index in [2.05, 4.69) is 46.7 Å². The number of halogens is 2. The number of ether oxygens (including phenoxy) is 1. The molecular weight excluding hydrogens is 362 g/mol. The third-order valence-corrected chi connectivity index (χ3v) is 3.95. The zero-order chi connectivity index (χ0) is 12.5. The van der Waals surface area contributed by atoms with Crippen LogP contribution in [0.25, 0.3) is 11.0 Å². The van der Waals surface area contributed by atoms with Crippen molar-refractivity contribution in [2.45, 2.75) is 0 Å². The van der Waals surface area contributed by atoms with Crippen molar-refractivity contribution in [3.05, 3.63) is 27.3 Å². The number of nitrogens with zero attached hydrogens (tertiary/aromatic N) is 3. The van der Waals surface area contributed by atoms with Gasteiger partial charge in [0.1, 0.15) is 11.3 Å². The van der Waals surface area contributed by atoms with E-state index < -0.39 is 0 Å². The lowest BCUT2D eigenvalue weighted by atomic mass is 10.3. The van der Waals surface area contributed by atoms with Crippen LogP contribution in [0.4, 0.5) is 5.82 Å². The van der Waals surface area contributed by atoms with Crippen LogP contribution in [-0.2, 0) is 4.74 Å². The highest BCUT2D eigenvalue weighted by Crippen LogP contribution is 2.27. The average molecular weight is 373 g/mol. The SMILES string of the molecule is Brc1cc(Br)c2nc(N3CCOCC3)cnc2c1. The number of aromatic nitrogens is 2. The number of anilines is 1. The van der Waals surface area contributed by atoms with E-state index in [1.54, 1.807) is 0 Å². The summed E-state index contributed by atoms with van der Waals surface area (Å²) in [5.74, 6) is 0.911. The van der Waals surface area contributed by atoms with Gasteiger partial charge in [0.2, 0.25) is 0 Å². The maximum absolute atomic E-state index is 5.34. The first-order valence-electron chi connectivity index (χ1n) is 5.68. The van der Waals surface area contributed by atoms with Crippen LogP contribution < -0.4 is 4.90 Å². The Morgan fingerprint density at radius 3 is 2.72 bits per heavy atom. The van der Waals surface area contributed by atoms with Gasteiger partial charge in [-0.3, -0.25) is 4.98 Å². The Morgan fingerprint density at radius 2 is 1.94 bits per heavy atom. The summed E-state index contributed by atoms with van der Waals surface area (Å²) < 4.78 is 7.29. The molecule has 0 saturated carbocycles. The van der Waals surface area contributed by atoms with E-state index in [1.165, 1.54) is 0 Å². The predicted molar refractivity (Wildman–Crippen MR) is 78.0 cm³/mol. The molecule has 0 spiro atoms. The van der Waals surface area contributed by atoms with Crippen LogP contribution in [0, 0.1) is 0 Å². The van der Waals surface area contributed by atoms with Crippen molar-refractivity contribution >= 4 is 48.7 Å². The topological polar surface area (TPSA) is 38.2 Å². The summed E-state index contributed by atoms with van der Waals surface area (Å²) >= 11 is 6.98. The molecule has 0 amide bonds. The van der Waals surface area contributed by atoms with Crippen LogP contribution in [0.1, 0.15) is 0 Å². The van der Waals surface area contributed by atoms with Crippen molar-refractivity contribution in [2.75, 3.05) is 31.2 Å². The second kappa shape index (κ2) is 5.11. The van der Waals surface area contributed by atoms with E-state index in [9.17, 15) is 0 Å². The van der Waals surface area contributed by atoms with E-state index in [0.29, 0.717) is 0 Å². The molecule has 1 fully saturated rings. The molecule has 0 N–H and O–H groups in total. The molecule has 3 rings (SSSR count). The van der Waals surface area contributed by atoms with Gasteiger partial charge in [-0.05, 0) is 28.1 Å². The monoisotopic (exact) mass is 371 g/mol. The van der Waals surface area contributed by atoms with Crippen LogP contribution in [0.5, 0.6) is 0 Å². The first-order chi connectivity index (χ1) is 8.74. The van der Waals surface area contributed by atoms with E-state index in [-0.39, 0.29) is 0 Å². The number of hydrogen-bond donors (Lipinski definition) is 0. The molecule has 0 radical (unpaired) electrons. The van der Waals surface area contributed by atoms with Crippen molar-refractivity contribution in [3.63, 3.8) is 0 Å². The minimum atomic E-state index is 0.751. The van der Waals surface area contributed by atoms with Crippen LogP contribution >= 0.6 is 31.9 Å². The molecule has 0 atom stereocenters. The van der Waals surface area contributed by atoms with Crippen LogP contribution in [0.3, 0.4) is 0 Å². The maximum Gasteiger partial charge on any atom is 0.148 e. The third-order valence-electron chi connectivity index (χ3n) is 2.89. The van der Waals surface area contributed by atoms with Gasteiger partial charge in [0.05, 0.1) is 24.9 Å². The molecule has 0 bridgehead atoms. The van der Waals surface area contributed by atoms with Crippen molar-refractivity contribution in [1.29, 1.82) is 0 Å². The third kappa shape index (κ3) is 2.37. The molecule has 1 saturated heterocycles. The largest absolute Gasteiger partial charge is 0.378 e. The summed E-state index contributed by atoms with van der Waals surface area (Å²) in [5, 5.41) is 0. The second-order valence-electron chi connectivity index (χ2n) is 4.08. The number of benzene rings is 1. The Kier molecular flexibility index (Phi) is 3.50. The number of morpholine rings is 1. The molecule has 1 aromatic carbocycles. The minimum Gasteiger partial charge on any atom is -0.378 e. The van der Waals surface area contributed by atoms with Crippen molar-refractivity contribution in [2.24, 2.45) is 0 Å². The van der Waals surface area contributed by atoms with Gasteiger partial charge in [0.15, 0.2) is 0 Å². The Labute approximate surface area is 122 Å². The van der Waals surface area contributed by atoms with E-state index in [1.807, 2.05) is 18.3 Å². The Hall–Kier alpha value is -0.720. The summed E-state index contributed by atoms with van der Waals surface area (Å²) in [5.41, 5.74) is 1.77. The highest BCUT2D eigenvalue weighted by molar-refractivity contribution is 9.11. The van der Waals surface area contributed by atoms with Crippen molar-refractivity contribution in [3.8, 4) is 0 Å². The Bertz CT molecular complexity index is 585. The highest BCUT2D eigenvalue weighted by atomic mass is 79.9. The van der Waals surface area contributed by atoms with Gasteiger partial charge >= 0.3 is 0 Å². The lowest BCUT2D eigenvalue weighted by Gasteiger charge is -2.27. The lowest BCUT2D eigenvalue weighted by Crippen LogP contribution is -2.36. The fourth-order valence-electron chi connectivity index (χ4n) is 1.98. The quantitative estimate of drug-likeness (QED) is 0.771. The number of hydrogen-bond acceptors (Lipinski definition) is 4. The van der Waals surface area contributed by atoms with Gasteiger partial charge in [0.25, 0.3) is 0 Å². The van der Waals surface area contributed by atoms with Gasteiger partial charge < -0.3 is 9.64 Å². The minimum absolute atomic E-state index is 0.751. The molecule has 0 unspecified atom stereocenters. The van der Waals surface area contributed by atoms with Crippen LogP contribution in [0.2, 0.25) is 0 Å². The molecule has 6 heteroatoms. The van der Waals surface area contributed by atoms with Crippen LogP contribution in [0.15, 0.2) is 27.3 Å². The van der Waals surface area contributed by atoms with Gasteiger partial charge in [-0.25, -0.2) is 4.98 Å². The summed E-state index contributed by atoms with van der Waals surface area (Å²) in [4.78, 5) is 11.4. The molecule has 4 nitrogen and oxygen atoms in total. The molecule has 2 heterocycles. The molecule has 18 heavy (non-hydrogen) atoms. The Balaban J connectivity index is 2.04. The van der Waals surface area contributed by atoms with E-state index in [0.717, 1.165) is 52.1 Å². The van der Waals surface area contributed by atoms with Gasteiger partial charge in [-0.15, -0.1) is 0 Å². The molecule has 1 aromatic heterocycles. The fraction of sp³-hybridized carbons (Fsp3) is 0.333. The summed E-state index contributed by atoms with van der Waals surface area (Å²) in [6, 6.07) is 3.95. The molecule has 1 aliphatic rings. The van der Waals surface area contributed by atoms with Gasteiger partial charge in [-0.1, -0.05) is 15.9 Å². The van der Waals surface area contributed by atoms with E-state index >= 15 is 0 Å². The average Bonchev–Trinajstić information content (AvgIpc) is 2.39. The summed E-state index contributed by atoms with van der Waals surface area (Å²) in [7, 11) is 0. The summed E-state index contributed by atoms with van der Waals surface area (Å²) in [6.45, 7) is 3.24. The van der Waals surface area contributed by atoms with E-state index in [4.69, 9.17) is 4.74 Å². The molecule has 0 aliphatic carbocycles. The van der Waals surface area contributed by atoms with Gasteiger partial charge in [-0.2, -0.15) is 0 Å². The first-order valence-corrected chi connectivity index (χ1v) is 7.27. The van der Waals surface area contributed by atoms with Crippen molar-refractivity contribution in [1.82, 2.24) is 9.97 Å². The zero-order valence-electron chi connectivity index (χ0n) is 9.57. The van der Waals surface area contributed by atoms with Crippen molar-refractivity contribution < 1.29 is 4.74 Å². The molecule has 94 valence electrons. The molecule has 2 aromatic rings. The summed E-state index contributed by atoms with van der Waals surface area (Å²) in [6.07, 6.45) is 1.83. The first kappa shape index (κ1) is 12.3.